The Bertz CT molecular complexity index is 737. The molecule has 0 radical (unpaired) electrons. The molecule has 3 amide bonds. The number of primary amides is 1. The van der Waals surface area contributed by atoms with Crippen LogP contribution in [0.2, 0.25) is 0 Å². The van der Waals surface area contributed by atoms with Gasteiger partial charge in [0, 0.05) is 16.3 Å². The van der Waals surface area contributed by atoms with E-state index in [2.05, 4.69) is 17.6 Å². The maximum Gasteiger partial charge on any atom is 0.316 e. The molecule has 0 aliphatic heterocycles. The maximum atomic E-state index is 12.4. The molecule has 0 saturated carbocycles. The number of fused-ring (bicyclic) bond motifs is 1. The van der Waals surface area contributed by atoms with Crippen LogP contribution in [0.25, 0.3) is 0 Å². The van der Waals surface area contributed by atoms with E-state index in [1.807, 2.05) is 6.07 Å². The van der Waals surface area contributed by atoms with Gasteiger partial charge in [-0.15, -0.1) is 11.3 Å². The molecule has 0 saturated heterocycles. The van der Waals surface area contributed by atoms with Gasteiger partial charge in [-0.25, -0.2) is 4.79 Å². The van der Waals surface area contributed by atoms with E-state index < -0.39 is 6.03 Å². The van der Waals surface area contributed by atoms with Crippen LogP contribution in [0.15, 0.2) is 30.3 Å². The number of thiophene rings is 1. The Morgan fingerprint density at radius 3 is 2.48 bits per heavy atom. The summed E-state index contributed by atoms with van der Waals surface area (Å²) in [7, 11) is 0. The summed E-state index contributed by atoms with van der Waals surface area (Å²) in [6.45, 7) is 2.25. The molecule has 1 aliphatic rings. The van der Waals surface area contributed by atoms with Crippen LogP contribution in [0.3, 0.4) is 0 Å². The quantitative estimate of drug-likeness (QED) is 0.803. The summed E-state index contributed by atoms with van der Waals surface area (Å²) in [6, 6.07) is 8.27. The summed E-state index contributed by atoms with van der Waals surface area (Å²) in [5.41, 5.74) is 7.66. The van der Waals surface area contributed by atoms with E-state index in [-0.39, 0.29) is 5.91 Å². The molecule has 5 nitrogen and oxygen atoms in total. The first kappa shape index (κ1) is 15.6. The number of hydrogen-bond acceptors (Lipinski definition) is 3. The SMILES string of the molecule is CC1CCc2sc(C(=O)Nc3ccc(NC(N)=O)cc3)cc2C1. The molecule has 1 aromatic heterocycles. The van der Waals surface area contributed by atoms with Crippen LogP contribution in [0, 0.1) is 5.92 Å². The smallest absolute Gasteiger partial charge is 0.316 e. The van der Waals surface area contributed by atoms with Crippen molar-refractivity contribution in [2.45, 2.75) is 26.2 Å². The molecule has 0 bridgehead atoms. The van der Waals surface area contributed by atoms with Crippen molar-refractivity contribution in [3.8, 4) is 0 Å². The van der Waals surface area contributed by atoms with Crippen LogP contribution in [-0.4, -0.2) is 11.9 Å². The summed E-state index contributed by atoms with van der Waals surface area (Å²) in [4.78, 5) is 25.3. The molecule has 1 aromatic carbocycles. The van der Waals surface area contributed by atoms with Crippen molar-refractivity contribution in [1.29, 1.82) is 0 Å². The van der Waals surface area contributed by atoms with E-state index in [1.54, 1.807) is 35.6 Å². The molecule has 1 aliphatic carbocycles. The number of benzene rings is 1. The first-order valence-electron chi connectivity index (χ1n) is 7.60. The molecule has 23 heavy (non-hydrogen) atoms. The monoisotopic (exact) mass is 329 g/mol. The Morgan fingerprint density at radius 2 is 1.83 bits per heavy atom. The van der Waals surface area contributed by atoms with Crippen LogP contribution in [0.5, 0.6) is 0 Å². The largest absolute Gasteiger partial charge is 0.351 e. The number of carbonyl (C=O) groups is 2. The molecular formula is C17H19N3O2S. The lowest BCUT2D eigenvalue weighted by Crippen LogP contribution is -2.19. The Kier molecular flexibility index (Phi) is 4.34. The lowest BCUT2D eigenvalue weighted by atomic mass is 9.90. The van der Waals surface area contributed by atoms with E-state index >= 15 is 0 Å². The predicted octanol–water partition coefficient (Wildman–Crippen LogP) is 3.62. The third-order valence-electron chi connectivity index (χ3n) is 3.96. The number of nitrogens with two attached hydrogens (primary N) is 1. The first-order chi connectivity index (χ1) is 11.0. The molecule has 0 spiro atoms. The second kappa shape index (κ2) is 6.42. The molecule has 0 fully saturated rings. The topological polar surface area (TPSA) is 84.2 Å². The molecule has 1 heterocycles. The zero-order valence-electron chi connectivity index (χ0n) is 12.9. The minimum Gasteiger partial charge on any atom is -0.351 e. The zero-order chi connectivity index (χ0) is 16.4. The van der Waals surface area contributed by atoms with E-state index in [4.69, 9.17) is 5.73 Å². The summed E-state index contributed by atoms with van der Waals surface area (Å²) >= 11 is 1.59. The average Bonchev–Trinajstić information content (AvgIpc) is 2.92. The van der Waals surface area contributed by atoms with Gasteiger partial charge in [-0.05, 0) is 61.1 Å². The van der Waals surface area contributed by atoms with Crippen LogP contribution >= 0.6 is 11.3 Å². The Morgan fingerprint density at radius 1 is 1.17 bits per heavy atom. The number of rotatable bonds is 3. The minimum atomic E-state index is -0.611. The fourth-order valence-corrected chi connectivity index (χ4v) is 3.89. The average molecular weight is 329 g/mol. The van der Waals surface area contributed by atoms with Gasteiger partial charge in [0.05, 0.1) is 4.88 Å². The van der Waals surface area contributed by atoms with E-state index in [0.717, 1.165) is 17.7 Å². The van der Waals surface area contributed by atoms with Crippen LogP contribution in [0.4, 0.5) is 16.2 Å². The summed E-state index contributed by atoms with van der Waals surface area (Å²) < 4.78 is 0. The van der Waals surface area contributed by atoms with E-state index in [0.29, 0.717) is 17.3 Å². The zero-order valence-corrected chi connectivity index (χ0v) is 13.7. The van der Waals surface area contributed by atoms with Crippen LogP contribution < -0.4 is 16.4 Å². The van der Waals surface area contributed by atoms with E-state index in [9.17, 15) is 9.59 Å². The lowest BCUT2D eigenvalue weighted by molar-refractivity contribution is 0.103. The van der Waals surface area contributed by atoms with Crippen molar-refractivity contribution in [3.05, 3.63) is 45.6 Å². The van der Waals surface area contributed by atoms with Gasteiger partial charge in [-0.3, -0.25) is 4.79 Å². The fraction of sp³-hybridized carbons (Fsp3) is 0.294. The van der Waals surface area contributed by atoms with Crippen molar-refractivity contribution in [2.75, 3.05) is 10.6 Å². The predicted molar refractivity (Wildman–Crippen MR) is 93.1 cm³/mol. The minimum absolute atomic E-state index is 0.0901. The van der Waals surface area contributed by atoms with Gasteiger partial charge >= 0.3 is 6.03 Å². The number of aryl methyl sites for hydroxylation is 1. The van der Waals surface area contributed by atoms with Gasteiger partial charge in [-0.1, -0.05) is 6.92 Å². The van der Waals surface area contributed by atoms with Gasteiger partial charge in [-0.2, -0.15) is 0 Å². The van der Waals surface area contributed by atoms with Crippen molar-refractivity contribution in [2.24, 2.45) is 11.7 Å². The Balaban J connectivity index is 1.68. The van der Waals surface area contributed by atoms with Gasteiger partial charge < -0.3 is 16.4 Å². The third-order valence-corrected chi connectivity index (χ3v) is 5.20. The van der Waals surface area contributed by atoms with Gasteiger partial charge in [0.25, 0.3) is 5.91 Å². The molecule has 120 valence electrons. The number of urea groups is 1. The second-order valence-corrected chi connectivity index (χ2v) is 7.06. The number of anilines is 2. The van der Waals surface area contributed by atoms with Crippen LogP contribution in [0.1, 0.15) is 33.5 Å². The second-order valence-electron chi connectivity index (χ2n) is 5.93. The number of amides is 3. The molecule has 4 N–H and O–H groups in total. The summed E-state index contributed by atoms with van der Waals surface area (Å²) in [5, 5.41) is 5.37. The van der Waals surface area contributed by atoms with Crippen molar-refractivity contribution in [1.82, 2.24) is 0 Å². The first-order valence-corrected chi connectivity index (χ1v) is 8.42. The summed E-state index contributed by atoms with van der Waals surface area (Å²) in [6.07, 6.45) is 3.33. The number of hydrogen-bond donors (Lipinski definition) is 3. The van der Waals surface area contributed by atoms with Crippen molar-refractivity contribution >= 4 is 34.6 Å². The molecule has 1 unspecified atom stereocenters. The maximum absolute atomic E-state index is 12.4. The highest BCUT2D eigenvalue weighted by atomic mass is 32.1. The Hall–Kier alpha value is -2.34. The molecular weight excluding hydrogens is 310 g/mol. The molecule has 3 rings (SSSR count). The Labute approximate surface area is 138 Å². The molecule has 6 heteroatoms. The van der Waals surface area contributed by atoms with Crippen molar-refractivity contribution < 1.29 is 9.59 Å². The number of nitrogens with one attached hydrogen (secondary N) is 2. The normalized spacial score (nSPS) is 16.5. The van der Waals surface area contributed by atoms with Gasteiger partial charge in [0.2, 0.25) is 0 Å². The lowest BCUT2D eigenvalue weighted by Gasteiger charge is -2.16. The van der Waals surface area contributed by atoms with Gasteiger partial charge in [0.15, 0.2) is 0 Å². The summed E-state index contributed by atoms with van der Waals surface area (Å²) in [5.74, 6) is 0.603. The highest BCUT2D eigenvalue weighted by Crippen LogP contribution is 2.32. The molecule has 1 atom stereocenters. The van der Waals surface area contributed by atoms with Crippen molar-refractivity contribution in [3.63, 3.8) is 0 Å². The van der Waals surface area contributed by atoms with E-state index in [1.165, 1.54) is 16.9 Å². The highest BCUT2D eigenvalue weighted by molar-refractivity contribution is 7.14. The third kappa shape index (κ3) is 3.71. The molecule has 2 aromatic rings. The highest BCUT2D eigenvalue weighted by Gasteiger charge is 2.20. The van der Waals surface area contributed by atoms with Crippen LogP contribution in [-0.2, 0) is 12.8 Å². The number of carbonyl (C=O) groups excluding carboxylic acids is 2. The fourth-order valence-electron chi connectivity index (χ4n) is 2.79. The van der Waals surface area contributed by atoms with Gasteiger partial charge in [0.1, 0.15) is 0 Å². The standard InChI is InChI=1S/C17H19N3O2S/c1-10-2-7-14-11(8-10)9-15(23-14)16(21)19-12-3-5-13(6-4-12)20-17(18)22/h3-6,9-10H,2,7-8H2,1H3,(H,19,21)(H3,18,20,22).